The van der Waals surface area contributed by atoms with Crippen molar-refractivity contribution in [3.63, 3.8) is 0 Å². The molecule has 2 aromatic heterocycles. The maximum atomic E-state index is 10.2. The standard InChI is InChI=1S/C48H30O.C30H21BO2.C18H11BrO.CH4/c1-2-10-36-29-37(26-21-31(36)9-1)32-17-22-34(23-18-32)47-40-12-3-5-14-42(40)48(43-15-6-4-13-41(43)47)35-24-19-33(20-25-35)38-27-28-46-44(30-38)39-11-7-8-16-45(39)49-46;32-31(33)30-27-11-5-3-9-25(27)29(26-10-4-6-12-28(26)30)22-16-13-21(14-17-22)24-18-15-20-7-1-2-8-23(20)19-24;19-14-8-5-12(6-9-14)13-7-10-18-16(11-13)15-3-1-2-4-17(15)20-18;/h1-30H;1-19,32-33H;1-11H;1H4. The molecule has 20 aromatic rings. The Morgan fingerprint density at radius 2 is 0.447 bits per heavy atom. The Morgan fingerprint density at radius 1 is 0.204 bits per heavy atom. The first-order valence-electron chi connectivity index (χ1n) is 34.4. The van der Waals surface area contributed by atoms with E-state index in [0.29, 0.717) is 5.46 Å². The number of rotatable bonds is 8. The van der Waals surface area contributed by atoms with Gasteiger partial charge in [-0.25, -0.2) is 0 Å². The lowest BCUT2D eigenvalue weighted by molar-refractivity contribution is 0.426. The van der Waals surface area contributed by atoms with Crippen molar-refractivity contribution < 1.29 is 18.9 Å². The van der Waals surface area contributed by atoms with Gasteiger partial charge >= 0.3 is 7.12 Å². The second-order valence-corrected chi connectivity index (χ2v) is 27.0. The molecular weight excluding hydrogens is 1320 g/mol. The maximum Gasteiger partial charge on any atom is 0.489 e. The first kappa shape index (κ1) is 64.0. The van der Waals surface area contributed by atoms with Gasteiger partial charge in [-0.3, -0.25) is 0 Å². The average Bonchev–Trinajstić information content (AvgIpc) is 1.57. The van der Waals surface area contributed by atoms with E-state index in [1.54, 1.807) is 0 Å². The van der Waals surface area contributed by atoms with Crippen LogP contribution in [0.5, 0.6) is 0 Å². The van der Waals surface area contributed by atoms with Gasteiger partial charge in [0.2, 0.25) is 0 Å². The Hall–Kier alpha value is -12.4. The third-order valence-electron chi connectivity index (χ3n) is 20.1. The molecule has 0 atom stereocenters. The zero-order valence-electron chi connectivity index (χ0n) is 55.3. The minimum Gasteiger partial charge on any atom is -0.456 e. The molecule has 2 heterocycles. The summed E-state index contributed by atoms with van der Waals surface area (Å²) in [5.74, 6) is 0. The van der Waals surface area contributed by atoms with Crippen LogP contribution in [0.15, 0.2) is 377 Å². The average molecular weight is 1390 g/mol. The largest absolute Gasteiger partial charge is 0.489 e. The van der Waals surface area contributed by atoms with Crippen LogP contribution < -0.4 is 5.46 Å². The van der Waals surface area contributed by atoms with E-state index in [1.165, 1.54) is 121 Å². The van der Waals surface area contributed by atoms with Crippen molar-refractivity contribution in [2.24, 2.45) is 0 Å². The summed E-state index contributed by atoms with van der Waals surface area (Å²) in [6.45, 7) is 0. The minimum absolute atomic E-state index is 0. The van der Waals surface area contributed by atoms with Crippen molar-refractivity contribution in [3.8, 4) is 77.9 Å². The fourth-order valence-electron chi connectivity index (χ4n) is 15.2. The summed E-state index contributed by atoms with van der Waals surface area (Å²) in [7, 11) is -1.54. The molecule has 0 fully saturated rings. The van der Waals surface area contributed by atoms with Gasteiger partial charge in [-0.15, -0.1) is 0 Å². The Labute approximate surface area is 605 Å². The molecular formula is C97H66BBrO4. The molecule has 0 spiro atoms. The maximum absolute atomic E-state index is 10.2. The van der Waals surface area contributed by atoms with Gasteiger partial charge in [0.1, 0.15) is 22.3 Å². The molecule has 0 unspecified atom stereocenters. The van der Waals surface area contributed by atoms with Gasteiger partial charge in [-0.1, -0.05) is 327 Å². The molecule has 2 N–H and O–H groups in total. The molecule has 4 nitrogen and oxygen atoms in total. The van der Waals surface area contributed by atoms with E-state index in [1.807, 2.05) is 72.8 Å². The highest BCUT2D eigenvalue weighted by Gasteiger charge is 2.23. The van der Waals surface area contributed by atoms with E-state index in [0.717, 1.165) is 70.2 Å². The third kappa shape index (κ3) is 12.0. The predicted octanol–water partition coefficient (Wildman–Crippen LogP) is 26.5. The number of furan rings is 2. The Balaban J connectivity index is 0.000000125. The van der Waals surface area contributed by atoms with Gasteiger partial charge in [0.15, 0.2) is 0 Å². The second-order valence-electron chi connectivity index (χ2n) is 26.1. The highest BCUT2D eigenvalue weighted by Crippen LogP contribution is 2.46. The van der Waals surface area contributed by atoms with Crippen molar-refractivity contribution in [1.82, 2.24) is 0 Å². The van der Waals surface area contributed by atoms with Gasteiger partial charge in [0.25, 0.3) is 0 Å². The van der Waals surface area contributed by atoms with Crippen molar-refractivity contribution in [2.45, 2.75) is 7.43 Å². The van der Waals surface area contributed by atoms with E-state index in [4.69, 9.17) is 8.83 Å². The number of hydrogen-bond acceptors (Lipinski definition) is 4. The molecule has 6 heteroatoms. The summed E-state index contributed by atoms with van der Waals surface area (Å²) in [5.41, 5.74) is 21.1. The molecule has 0 aliphatic carbocycles. The molecule has 0 radical (unpaired) electrons. The minimum atomic E-state index is -1.54. The van der Waals surface area contributed by atoms with Crippen LogP contribution in [-0.2, 0) is 0 Å². The molecule has 0 bridgehead atoms. The van der Waals surface area contributed by atoms with E-state index < -0.39 is 7.12 Å². The molecule has 0 saturated carbocycles. The predicted molar refractivity (Wildman–Crippen MR) is 441 cm³/mol. The zero-order chi connectivity index (χ0) is 68.2. The van der Waals surface area contributed by atoms with Crippen molar-refractivity contribution >= 4 is 137 Å². The fraction of sp³-hybridized carbons (Fsp3) is 0.0103. The number of para-hydroxylation sites is 2. The first-order valence-corrected chi connectivity index (χ1v) is 35.2. The van der Waals surface area contributed by atoms with Crippen LogP contribution in [0.3, 0.4) is 0 Å². The summed E-state index contributed by atoms with van der Waals surface area (Å²) >= 11 is 3.47. The summed E-state index contributed by atoms with van der Waals surface area (Å²) in [6.07, 6.45) is 0. The Kier molecular flexibility index (Phi) is 16.9. The lowest BCUT2D eigenvalue weighted by Gasteiger charge is -2.18. The van der Waals surface area contributed by atoms with Crippen LogP contribution in [0.2, 0.25) is 0 Å². The smallest absolute Gasteiger partial charge is 0.456 e. The quantitative estimate of drug-likeness (QED) is 0.118. The van der Waals surface area contributed by atoms with E-state index in [-0.39, 0.29) is 7.43 Å². The number of hydrogen-bond donors (Lipinski definition) is 2. The van der Waals surface area contributed by atoms with Gasteiger partial charge in [-0.05, 0) is 209 Å². The SMILES string of the molecule is Brc1ccc(-c2ccc3oc4ccccc4c3c2)cc1.C.OB(O)c1c2ccccc2c(-c2ccc(-c3ccc4ccccc4c3)cc2)c2ccccc12.c1ccc2cc(-c3ccc(-c4c5ccccc5c(-c5ccc(-c6ccc7oc8ccccc8c7c6)cc5)c5ccccc45)cc3)ccc2c1. The zero-order valence-corrected chi connectivity index (χ0v) is 56.9. The summed E-state index contributed by atoms with van der Waals surface area (Å²) in [6, 6.07) is 128. The van der Waals surface area contributed by atoms with Crippen molar-refractivity contribution in [3.05, 3.63) is 368 Å². The Bertz CT molecular complexity index is 6480. The monoisotopic (exact) mass is 1380 g/mol. The lowest BCUT2D eigenvalue weighted by atomic mass is 9.72. The normalized spacial score (nSPS) is 11.4. The molecule has 18 aromatic carbocycles. The van der Waals surface area contributed by atoms with Gasteiger partial charge in [0.05, 0.1) is 0 Å². The van der Waals surface area contributed by atoms with E-state index in [2.05, 4.69) is 307 Å². The highest BCUT2D eigenvalue weighted by molar-refractivity contribution is 9.10. The van der Waals surface area contributed by atoms with Gasteiger partial charge in [0, 0.05) is 26.0 Å². The van der Waals surface area contributed by atoms with Crippen LogP contribution in [0, 0.1) is 0 Å². The number of halogens is 1. The van der Waals surface area contributed by atoms with Crippen LogP contribution in [0.25, 0.3) is 186 Å². The summed E-state index contributed by atoms with van der Waals surface area (Å²) < 4.78 is 13.0. The molecule has 20 rings (SSSR count). The first-order chi connectivity index (χ1) is 50.3. The van der Waals surface area contributed by atoms with Crippen LogP contribution in [-0.4, -0.2) is 17.2 Å². The molecule has 0 aliphatic rings. The summed E-state index contributed by atoms with van der Waals surface area (Å²) in [4.78, 5) is 0. The van der Waals surface area contributed by atoms with Crippen LogP contribution >= 0.6 is 15.9 Å². The van der Waals surface area contributed by atoms with Crippen molar-refractivity contribution in [1.29, 1.82) is 0 Å². The van der Waals surface area contributed by atoms with Crippen LogP contribution in [0.4, 0.5) is 0 Å². The van der Waals surface area contributed by atoms with Crippen molar-refractivity contribution in [2.75, 3.05) is 0 Å². The number of fused-ring (bicyclic) bond motifs is 12. The van der Waals surface area contributed by atoms with E-state index >= 15 is 0 Å². The van der Waals surface area contributed by atoms with Gasteiger partial charge < -0.3 is 18.9 Å². The second kappa shape index (κ2) is 27.3. The topological polar surface area (TPSA) is 66.7 Å². The molecule has 0 amide bonds. The molecule has 0 aliphatic heterocycles. The molecule has 488 valence electrons. The Morgan fingerprint density at radius 3 is 0.796 bits per heavy atom. The highest BCUT2D eigenvalue weighted by atomic mass is 79.9. The number of benzene rings is 18. The molecule has 103 heavy (non-hydrogen) atoms. The van der Waals surface area contributed by atoms with Crippen LogP contribution in [0.1, 0.15) is 7.43 Å². The lowest BCUT2D eigenvalue weighted by Crippen LogP contribution is -2.31. The van der Waals surface area contributed by atoms with Gasteiger partial charge in [-0.2, -0.15) is 0 Å². The fourth-order valence-corrected chi connectivity index (χ4v) is 15.4. The molecule has 0 saturated heterocycles. The summed E-state index contributed by atoms with van der Waals surface area (Å²) in [5, 5.41) is 38.8. The third-order valence-corrected chi connectivity index (χ3v) is 20.6. The van der Waals surface area contributed by atoms with E-state index in [9.17, 15) is 10.0 Å².